The monoisotopic (exact) mass is 326 g/mol. The van der Waals surface area contributed by atoms with Gasteiger partial charge in [-0.25, -0.2) is 0 Å². The van der Waals surface area contributed by atoms with Crippen LogP contribution in [0.4, 0.5) is 0 Å². The van der Waals surface area contributed by atoms with Crippen LogP contribution in [0.15, 0.2) is 0 Å². The lowest BCUT2D eigenvalue weighted by Crippen LogP contribution is -1.96. The first-order valence-corrected chi connectivity index (χ1v) is 10.4. The Labute approximate surface area is 145 Å². The Morgan fingerprint density at radius 1 is 0.696 bits per heavy atom. The topological polar surface area (TPSA) is 37.3 Å². The zero-order valence-electron chi connectivity index (χ0n) is 16.0. The summed E-state index contributed by atoms with van der Waals surface area (Å²) in [5.41, 5.74) is 0. The van der Waals surface area contributed by atoms with Gasteiger partial charge < -0.3 is 5.11 Å². The van der Waals surface area contributed by atoms with Crippen LogP contribution in [0.5, 0.6) is 0 Å². The van der Waals surface area contributed by atoms with Crippen molar-refractivity contribution in [1.82, 2.24) is 0 Å². The van der Waals surface area contributed by atoms with Crippen molar-refractivity contribution in [3.05, 3.63) is 0 Å². The third-order valence-electron chi connectivity index (χ3n) is 4.89. The van der Waals surface area contributed by atoms with E-state index in [2.05, 4.69) is 13.8 Å². The number of hydrogen-bond donors (Lipinski definition) is 1. The Bertz CT molecular complexity index is 250. The van der Waals surface area contributed by atoms with E-state index in [4.69, 9.17) is 5.11 Å². The predicted octanol–water partition coefficient (Wildman–Crippen LogP) is 7.36. The molecule has 0 aromatic carbocycles. The zero-order chi connectivity index (χ0) is 17.2. The van der Waals surface area contributed by atoms with Crippen LogP contribution in [0.3, 0.4) is 0 Å². The molecule has 0 aliphatic rings. The minimum Gasteiger partial charge on any atom is -0.481 e. The Kier molecular flexibility index (Phi) is 17.4. The molecule has 0 aliphatic carbocycles. The van der Waals surface area contributed by atoms with Gasteiger partial charge in [0.05, 0.1) is 0 Å². The molecule has 23 heavy (non-hydrogen) atoms. The normalized spacial score (nSPS) is 12.4. The first-order chi connectivity index (χ1) is 11.2. The maximum absolute atomic E-state index is 10.4. The van der Waals surface area contributed by atoms with Gasteiger partial charge in [-0.1, -0.05) is 110 Å². The largest absolute Gasteiger partial charge is 0.481 e. The fourth-order valence-corrected chi connectivity index (χ4v) is 3.25. The Hall–Kier alpha value is -0.530. The molecule has 1 unspecified atom stereocenters. The summed E-state index contributed by atoms with van der Waals surface area (Å²) >= 11 is 0. The number of rotatable bonds is 18. The van der Waals surface area contributed by atoms with Crippen molar-refractivity contribution in [3.63, 3.8) is 0 Å². The SMILES string of the molecule is CCCCCCCCCCCCC(C)CCCCCCC(=O)O. The van der Waals surface area contributed by atoms with Crippen molar-refractivity contribution in [3.8, 4) is 0 Å². The summed E-state index contributed by atoms with van der Waals surface area (Å²) in [7, 11) is 0. The van der Waals surface area contributed by atoms with E-state index in [1.54, 1.807) is 0 Å². The van der Waals surface area contributed by atoms with E-state index in [1.165, 1.54) is 89.9 Å². The van der Waals surface area contributed by atoms with Gasteiger partial charge in [0.1, 0.15) is 0 Å². The lowest BCUT2D eigenvalue weighted by atomic mass is 9.96. The van der Waals surface area contributed by atoms with Gasteiger partial charge in [0.15, 0.2) is 0 Å². The molecular weight excluding hydrogens is 284 g/mol. The van der Waals surface area contributed by atoms with Gasteiger partial charge >= 0.3 is 5.97 Å². The zero-order valence-corrected chi connectivity index (χ0v) is 16.0. The fraction of sp³-hybridized carbons (Fsp3) is 0.952. The molecule has 0 bridgehead atoms. The first-order valence-electron chi connectivity index (χ1n) is 10.4. The van der Waals surface area contributed by atoms with Crippen LogP contribution in [-0.4, -0.2) is 11.1 Å². The van der Waals surface area contributed by atoms with E-state index in [0.717, 1.165) is 18.8 Å². The fourth-order valence-electron chi connectivity index (χ4n) is 3.25. The third kappa shape index (κ3) is 19.4. The Balaban J connectivity index is 3.15. The second-order valence-electron chi connectivity index (χ2n) is 7.42. The van der Waals surface area contributed by atoms with Crippen molar-refractivity contribution in [2.75, 3.05) is 0 Å². The molecule has 0 rings (SSSR count). The highest BCUT2D eigenvalue weighted by molar-refractivity contribution is 5.66. The molecule has 1 atom stereocenters. The second kappa shape index (κ2) is 17.8. The maximum atomic E-state index is 10.4. The maximum Gasteiger partial charge on any atom is 0.303 e. The van der Waals surface area contributed by atoms with Crippen LogP contribution in [0.2, 0.25) is 0 Å². The number of aliphatic carboxylic acids is 1. The van der Waals surface area contributed by atoms with Crippen LogP contribution < -0.4 is 0 Å². The van der Waals surface area contributed by atoms with Gasteiger partial charge in [-0.2, -0.15) is 0 Å². The number of carbonyl (C=O) groups is 1. The highest BCUT2D eigenvalue weighted by atomic mass is 16.4. The van der Waals surface area contributed by atoms with Crippen LogP contribution in [-0.2, 0) is 4.79 Å². The molecule has 0 fully saturated rings. The average molecular weight is 327 g/mol. The highest BCUT2D eigenvalue weighted by Gasteiger charge is 2.03. The minimum absolute atomic E-state index is 0.341. The summed E-state index contributed by atoms with van der Waals surface area (Å²) in [5.74, 6) is 0.197. The molecule has 0 heterocycles. The van der Waals surface area contributed by atoms with E-state index in [9.17, 15) is 4.79 Å². The second-order valence-corrected chi connectivity index (χ2v) is 7.42. The lowest BCUT2D eigenvalue weighted by Gasteiger charge is -2.11. The third-order valence-corrected chi connectivity index (χ3v) is 4.89. The van der Waals surface area contributed by atoms with Crippen molar-refractivity contribution in [1.29, 1.82) is 0 Å². The van der Waals surface area contributed by atoms with Crippen molar-refractivity contribution in [2.45, 2.75) is 123 Å². The standard InChI is InChI=1S/C21H42O2/c1-3-4-5-6-7-8-9-10-11-14-17-20(2)18-15-12-13-16-19-21(22)23/h20H,3-19H2,1-2H3,(H,22,23). The van der Waals surface area contributed by atoms with Gasteiger partial charge in [0.25, 0.3) is 0 Å². The summed E-state index contributed by atoms with van der Waals surface area (Å²) in [6.45, 7) is 4.66. The molecule has 0 aromatic heterocycles. The molecule has 0 spiro atoms. The first kappa shape index (κ1) is 22.5. The summed E-state index contributed by atoms with van der Waals surface area (Å²) < 4.78 is 0. The summed E-state index contributed by atoms with van der Waals surface area (Å²) in [6.07, 6.45) is 21.7. The van der Waals surface area contributed by atoms with Gasteiger partial charge in [0.2, 0.25) is 0 Å². The lowest BCUT2D eigenvalue weighted by molar-refractivity contribution is -0.137. The molecule has 0 radical (unpaired) electrons. The summed E-state index contributed by atoms with van der Waals surface area (Å²) in [5, 5.41) is 8.58. The van der Waals surface area contributed by atoms with Gasteiger partial charge in [-0.3, -0.25) is 4.79 Å². The molecular formula is C21H42O2. The summed E-state index contributed by atoms with van der Waals surface area (Å²) in [6, 6.07) is 0. The molecule has 2 nitrogen and oxygen atoms in total. The van der Waals surface area contributed by atoms with E-state index in [1.807, 2.05) is 0 Å². The van der Waals surface area contributed by atoms with Gasteiger partial charge in [-0.05, 0) is 12.3 Å². The van der Waals surface area contributed by atoms with Crippen LogP contribution in [0.1, 0.15) is 123 Å². The van der Waals surface area contributed by atoms with E-state index in [0.29, 0.717) is 6.42 Å². The van der Waals surface area contributed by atoms with E-state index < -0.39 is 5.97 Å². The summed E-state index contributed by atoms with van der Waals surface area (Å²) in [4.78, 5) is 10.4. The molecule has 2 heteroatoms. The number of hydrogen-bond acceptors (Lipinski definition) is 1. The smallest absolute Gasteiger partial charge is 0.303 e. The highest BCUT2D eigenvalue weighted by Crippen LogP contribution is 2.18. The average Bonchev–Trinajstić information content (AvgIpc) is 2.52. The van der Waals surface area contributed by atoms with Crippen molar-refractivity contribution in [2.24, 2.45) is 5.92 Å². The van der Waals surface area contributed by atoms with Crippen LogP contribution in [0, 0.1) is 5.92 Å². The van der Waals surface area contributed by atoms with Crippen LogP contribution >= 0.6 is 0 Å². The number of unbranched alkanes of at least 4 members (excludes halogenated alkanes) is 12. The minimum atomic E-state index is -0.653. The molecule has 0 saturated heterocycles. The number of carboxylic acid groups (broad SMARTS) is 1. The van der Waals surface area contributed by atoms with Crippen molar-refractivity contribution < 1.29 is 9.90 Å². The van der Waals surface area contributed by atoms with Crippen molar-refractivity contribution >= 4 is 5.97 Å². The quantitative estimate of drug-likeness (QED) is 0.267. The molecule has 138 valence electrons. The van der Waals surface area contributed by atoms with Gasteiger partial charge in [-0.15, -0.1) is 0 Å². The van der Waals surface area contributed by atoms with Crippen LogP contribution in [0.25, 0.3) is 0 Å². The van der Waals surface area contributed by atoms with E-state index in [-0.39, 0.29) is 0 Å². The Morgan fingerprint density at radius 3 is 1.52 bits per heavy atom. The molecule has 1 N–H and O–H groups in total. The predicted molar refractivity (Wildman–Crippen MR) is 101 cm³/mol. The molecule has 0 aromatic rings. The molecule has 0 saturated carbocycles. The van der Waals surface area contributed by atoms with Gasteiger partial charge in [0, 0.05) is 6.42 Å². The number of carboxylic acids is 1. The Morgan fingerprint density at radius 2 is 1.09 bits per heavy atom. The molecule has 0 aliphatic heterocycles. The molecule has 0 amide bonds. The van der Waals surface area contributed by atoms with E-state index >= 15 is 0 Å².